The molecule has 3 aromatic rings. The van der Waals surface area contributed by atoms with Crippen LogP contribution in [-0.2, 0) is 19.6 Å². The number of aryl methyl sites for hydroxylation is 2. The second-order valence-electron chi connectivity index (χ2n) is 7.69. The average Bonchev–Trinajstić information content (AvgIpc) is 2.77. The molecular weight excluding hydrogens is 438 g/mol. The van der Waals surface area contributed by atoms with Gasteiger partial charge >= 0.3 is 0 Å². The molecule has 0 aliphatic rings. The number of halogens is 1. The third-order valence-corrected chi connectivity index (χ3v) is 5.75. The first-order chi connectivity index (χ1) is 14.5. The Morgan fingerprint density at radius 3 is 2.37 bits per heavy atom. The van der Waals surface area contributed by atoms with E-state index < -0.39 is 0 Å². The normalized spacial score (nSPS) is 11.9. The van der Waals surface area contributed by atoms with E-state index in [1.54, 1.807) is 7.11 Å². The van der Waals surface area contributed by atoms with Crippen LogP contribution < -0.4 is 14.8 Å². The molecule has 3 rings (SSSR count). The van der Waals surface area contributed by atoms with Crippen LogP contribution in [0.2, 0.25) is 0 Å². The molecule has 1 N–H and O–H groups in total. The minimum atomic E-state index is 0.424. The van der Waals surface area contributed by atoms with Crippen molar-refractivity contribution in [2.45, 2.75) is 45.9 Å². The van der Waals surface area contributed by atoms with E-state index in [2.05, 4.69) is 95.8 Å². The van der Waals surface area contributed by atoms with Crippen LogP contribution in [0.15, 0.2) is 71.2 Å². The van der Waals surface area contributed by atoms with Gasteiger partial charge in [-0.2, -0.15) is 0 Å². The molecule has 4 heteroatoms. The van der Waals surface area contributed by atoms with Crippen molar-refractivity contribution >= 4 is 15.9 Å². The lowest BCUT2D eigenvalue weighted by Crippen LogP contribution is -2.26. The highest BCUT2D eigenvalue weighted by Gasteiger charge is 2.13. The summed E-state index contributed by atoms with van der Waals surface area (Å²) in [6, 6.07) is 23.6. The monoisotopic (exact) mass is 467 g/mol. The lowest BCUT2D eigenvalue weighted by molar-refractivity contribution is 0.282. The maximum absolute atomic E-state index is 6.06. The van der Waals surface area contributed by atoms with E-state index in [1.807, 2.05) is 6.07 Å². The lowest BCUT2D eigenvalue weighted by Gasteiger charge is -2.17. The molecule has 30 heavy (non-hydrogen) atoms. The van der Waals surface area contributed by atoms with Crippen molar-refractivity contribution in [2.75, 3.05) is 7.11 Å². The Hall–Kier alpha value is -2.30. The molecule has 0 saturated heterocycles. The summed E-state index contributed by atoms with van der Waals surface area (Å²) in [5.41, 5.74) is 4.92. The third kappa shape index (κ3) is 6.61. The molecule has 1 atom stereocenters. The fourth-order valence-electron chi connectivity index (χ4n) is 3.28. The number of benzene rings is 3. The number of hydrogen-bond acceptors (Lipinski definition) is 3. The van der Waals surface area contributed by atoms with Gasteiger partial charge in [-0.1, -0.05) is 60.2 Å². The van der Waals surface area contributed by atoms with Gasteiger partial charge in [0.05, 0.1) is 11.6 Å². The number of hydrogen-bond donors (Lipinski definition) is 1. The second kappa shape index (κ2) is 11.2. The van der Waals surface area contributed by atoms with E-state index in [1.165, 1.54) is 11.1 Å². The topological polar surface area (TPSA) is 30.5 Å². The highest BCUT2D eigenvalue weighted by Crippen LogP contribution is 2.37. The van der Waals surface area contributed by atoms with E-state index in [0.717, 1.165) is 46.5 Å². The second-order valence-corrected chi connectivity index (χ2v) is 8.54. The lowest BCUT2D eigenvalue weighted by atomic mass is 10.1. The number of ether oxygens (including phenoxy) is 2. The first kappa shape index (κ1) is 22.4. The maximum Gasteiger partial charge on any atom is 0.175 e. The Balaban J connectivity index is 1.56. The van der Waals surface area contributed by atoms with Crippen LogP contribution in [-0.4, -0.2) is 13.2 Å². The molecule has 0 spiro atoms. The third-order valence-electron chi connectivity index (χ3n) is 5.16. The summed E-state index contributed by atoms with van der Waals surface area (Å²) < 4.78 is 12.6. The van der Waals surface area contributed by atoms with Gasteiger partial charge in [0.2, 0.25) is 0 Å². The minimum Gasteiger partial charge on any atom is -0.493 e. The Bertz CT molecular complexity index is 926. The van der Waals surface area contributed by atoms with Crippen LogP contribution in [0.1, 0.15) is 35.6 Å². The van der Waals surface area contributed by atoms with Gasteiger partial charge in [-0.15, -0.1) is 0 Å². The van der Waals surface area contributed by atoms with Crippen molar-refractivity contribution in [2.24, 2.45) is 0 Å². The zero-order valence-corrected chi connectivity index (χ0v) is 19.5. The summed E-state index contributed by atoms with van der Waals surface area (Å²) >= 11 is 3.66. The number of rotatable bonds is 10. The fraction of sp³-hybridized carbons (Fsp3) is 0.308. The van der Waals surface area contributed by atoms with E-state index in [0.29, 0.717) is 12.6 Å². The summed E-state index contributed by atoms with van der Waals surface area (Å²) in [5.74, 6) is 1.48. The van der Waals surface area contributed by atoms with Crippen molar-refractivity contribution < 1.29 is 9.47 Å². The average molecular weight is 468 g/mol. The number of nitrogens with one attached hydrogen (secondary N) is 1. The first-order valence-corrected chi connectivity index (χ1v) is 11.2. The van der Waals surface area contributed by atoms with Crippen molar-refractivity contribution in [3.05, 3.63) is 93.5 Å². The molecule has 3 aromatic carbocycles. The molecule has 158 valence electrons. The molecule has 0 fully saturated rings. The molecule has 0 aromatic heterocycles. The van der Waals surface area contributed by atoms with Gasteiger partial charge < -0.3 is 14.8 Å². The van der Waals surface area contributed by atoms with Gasteiger partial charge in [0.15, 0.2) is 11.5 Å². The van der Waals surface area contributed by atoms with Gasteiger partial charge in [-0.3, -0.25) is 0 Å². The van der Waals surface area contributed by atoms with E-state index in [9.17, 15) is 0 Å². The summed E-state index contributed by atoms with van der Waals surface area (Å²) in [6.45, 7) is 5.60. The molecular formula is C26H30BrNO2. The Morgan fingerprint density at radius 1 is 0.933 bits per heavy atom. The standard InChI is InChI=1S/C26H30BrNO2/c1-19-9-12-22(13-10-19)18-30-26-24(27)15-23(16-25(26)29-3)17-28-20(2)11-14-21-7-5-4-6-8-21/h4-10,12-13,15-16,20,28H,11,14,17-18H2,1-3H3/t20-/m1/s1. The highest BCUT2D eigenvalue weighted by molar-refractivity contribution is 9.10. The quantitative estimate of drug-likeness (QED) is 0.371. The molecule has 3 nitrogen and oxygen atoms in total. The van der Waals surface area contributed by atoms with E-state index >= 15 is 0 Å². The molecule has 0 bridgehead atoms. The molecule has 0 amide bonds. The molecule has 0 unspecified atom stereocenters. The summed E-state index contributed by atoms with van der Waals surface area (Å²) in [7, 11) is 1.68. The van der Waals surface area contributed by atoms with Crippen molar-refractivity contribution in [3.8, 4) is 11.5 Å². The van der Waals surface area contributed by atoms with Crippen molar-refractivity contribution in [3.63, 3.8) is 0 Å². The van der Waals surface area contributed by atoms with Crippen molar-refractivity contribution in [1.29, 1.82) is 0 Å². The largest absolute Gasteiger partial charge is 0.493 e. The van der Waals surface area contributed by atoms with E-state index in [-0.39, 0.29) is 0 Å². The van der Waals surface area contributed by atoms with Crippen molar-refractivity contribution in [1.82, 2.24) is 5.32 Å². The van der Waals surface area contributed by atoms with Crippen LogP contribution in [0.4, 0.5) is 0 Å². The molecule has 0 aliphatic heterocycles. The first-order valence-electron chi connectivity index (χ1n) is 10.4. The maximum atomic E-state index is 6.06. The summed E-state index contributed by atoms with van der Waals surface area (Å²) in [5, 5.41) is 3.61. The zero-order chi connectivity index (χ0) is 21.3. The van der Waals surface area contributed by atoms with E-state index in [4.69, 9.17) is 9.47 Å². The number of methoxy groups -OCH3 is 1. The summed E-state index contributed by atoms with van der Waals surface area (Å²) in [4.78, 5) is 0. The minimum absolute atomic E-state index is 0.424. The summed E-state index contributed by atoms with van der Waals surface area (Å²) in [6.07, 6.45) is 2.17. The predicted octanol–water partition coefficient (Wildman–Crippen LogP) is 6.46. The Morgan fingerprint density at radius 2 is 1.67 bits per heavy atom. The van der Waals surface area contributed by atoms with Gasteiger partial charge in [0.1, 0.15) is 6.61 Å². The fourth-order valence-corrected chi connectivity index (χ4v) is 3.88. The highest BCUT2D eigenvalue weighted by atomic mass is 79.9. The van der Waals surface area contributed by atoms with Crippen LogP contribution in [0.25, 0.3) is 0 Å². The zero-order valence-electron chi connectivity index (χ0n) is 18.0. The Labute approximate surface area is 188 Å². The van der Waals surface area contributed by atoms with Crippen LogP contribution in [0, 0.1) is 6.92 Å². The SMILES string of the molecule is COc1cc(CN[C@H](C)CCc2ccccc2)cc(Br)c1OCc1ccc(C)cc1. The predicted molar refractivity (Wildman–Crippen MR) is 127 cm³/mol. The molecule has 0 radical (unpaired) electrons. The van der Waals surface area contributed by atoms with Crippen LogP contribution in [0.3, 0.4) is 0 Å². The van der Waals surface area contributed by atoms with Gasteiger partial charge in [-0.25, -0.2) is 0 Å². The molecule has 0 heterocycles. The van der Waals surface area contributed by atoms with Crippen LogP contribution in [0.5, 0.6) is 11.5 Å². The van der Waals surface area contributed by atoms with Gasteiger partial charge in [0.25, 0.3) is 0 Å². The Kier molecular flexibility index (Phi) is 8.35. The van der Waals surface area contributed by atoms with Gasteiger partial charge in [0, 0.05) is 12.6 Å². The van der Waals surface area contributed by atoms with Gasteiger partial charge in [-0.05, 0) is 71.4 Å². The molecule has 0 aliphatic carbocycles. The molecule has 0 saturated carbocycles. The smallest absolute Gasteiger partial charge is 0.175 e. The van der Waals surface area contributed by atoms with Crippen LogP contribution >= 0.6 is 15.9 Å².